The topological polar surface area (TPSA) is 6.48 Å². The first-order chi connectivity index (χ1) is 9.84. The SMILES string of the molecule is C=C(N(C1CCC1)C1CCC1)N(C1CCC1)C1CCC1. The molecule has 2 nitrogen and oxygen atoms in total. The van der Waals surface area contributed by atoms with E-state index < -0.39 is 0 Å². The monoisotopic (exact) mass is 274 g/mol. The van der Waals surface area contributed by atoms with E-state index in [9.17, 15) is 0 Å². The Morgan fingerprint density at radius 2 is 0.800 bits per heavy atom. The molecule has 0 N–H and O–H groups in total. The lowest BCUT2D eigenvalue weighted by molar-refractivity contribution is -0.0127. The first kappa shape index (κ1) is 13.0. The van der Waals surface area contributed by atoms with Crippen LogP contribution in [0.15, 0.2) is 12.4 Å². The highest BCUT2D eigenvalue weighted by atomic mass is 15.4. The van der Waals surface area contributed by atoms with Crippen molar-refractivity contribution in [2.75, 3.05) is 0 Å². The van der Waals surface area contributed by atoms with Gasteiger partial charge in [-0.15, -0.1) is 0 Å². The van der Waals surface area contributed by atoms with Crippen LogP contribution in [0.5, 0.6) is 0 Å². The molecule has 4 aliphatic carbocycles. The molecule has 2 heteroatoms. The van der Waals surface area contributed by atoms with Gasteiger partial charge in [-0.25, -0.2) is 0 Å². The summed E-state index contributed by atoms with van der Waals surface area (Å²) < 4.78 is 0. The Morgan fingerprint density at radius 1 is 0.550 bits per heavy atom. The van der Waals surface area contributed by atoms with E-state index in [0.717, 1.165) is 24.2 Å². The average molecular weight is 274 g/mol. The van der Waals surface area contributed by atoms with Crippen LogP contribution in [0.25, 0.3) is 0 Å². The predicted molar refractivity (Wildman–Crippen MR) is 83.4 cm³/mol. The van der Waals surface area contributed by atoms with Crippen LogP contribution in [0, 0.1) is 0 Å². The molecule has 0 aromatic rings. The molecule has 0 spiro atoms. The molecule has 4 aliphatic rings. The molecule has 0 aromatic carbocycles. The summed E-state index contributed by atoms with van der Waals surface area (Å²) in [5.74, 6) is 1.42. The van der Waals surface area contributed by atoms with Gasteiger partial charge in [-0.2, -0.15) is 0 Å². The summed E-state index contributed by atoms with van der Waals surface area (Å²) in [5, 5.41) is 0. The van der Waals surface area contributed by atoms with E-state index in [2.05, 4.69) is 16.4 Å². The Kier molecular flexibility index (Phi) is 3.44. The third kappa shape index (κ3) is 2.07. The quantitative estimate of drug-likeness (QED) is 0.713. The van der Waals surface area contributed by atoms with Crippen molar-refractivity contribution < 1.29 is 0 Å². The van der Waals surface area contributed by atoms with Crippen molar-refractivity contribution in [2.45, 2.75) is 101 Å². The van der Waals surface area contributed by atoms with Gasteiger partial charge in [0.25, 0.3) is 0 Å². The predicted octanol–water partition coefficient (Wildman–Crippen LogP) is 4.27. The van der Waals surface area contributed by atoms with Crippen LogP contribution >= 0.6 is 0 Å². The Balaban J connectivity index is 1.51. The highest BCUT2D eigenvalue weighted by molar-refractivity contribution is 5.09. The van der Waals surface area contributed by atoms with Crippen LogP contribution in [0.4, 0.5) is 0 Å². The summed E-state index contributed by atoms with van der Waals surface area (Å²) in [6, 6.07) is 3.32. The van der Waals surface area contributed by atoms with Gasteiger partial charge in [-0.1, -0.05) is 6.58 Å². The maximum Gasteiger partial charge on any atom is 0.0975 e. The lowest BCUT2D eigenvalue weighted by Gasteiger charge is -2.56. The Bertz CT molecular complexity index is 300. The summed E-state index contributed by atoms with van der Waals surface area (Å²) in [6.45, 7) is 4.62. The minimum Gasteiger partial charge on any atom is -0.353 e. The summed E-state index contributed by atoms with van der Waals surface area (Å²) in [5.41, 5.74) is 0. The smallest absolute Gasteiger partial charge is 0.0975 e. The van der Waals surface area contributed by atoms with Crippen molar-refractivity contribution in [1.29, 1.82) is 0 Å². The molecular formula is C18H30N2. The van der Waals surface area contributed by atoms with E-state index in [1.807, 2.05) is 0 Å². The van der Waals surface area contributed by atoms with E-state index in [0.29, 0.717) is 0 Å². The third-order valence-electron chi connectivity index (χ3n) is 6.47. The Labute approximate surface area is 124 Å². The molecule has 0 saturated heterocycles. The van der Waals surface area contributed by atoms with Gasteiger partial charge in [-0.05, 0) is 77.0 Å². The second-order valence-electron chi connectivity index (χ2n) is 7.57. The molecule has 4 fully saturated rings. The fraction of sp³-hybridized carbons (Fsp3) is 0.889. The van der Waals surface area contributed by atoms with Crippen molar-refractivity contribution in [3.63, 3.8) is 0 Å². The van der Waals surface area contributed by atoms with Crippen LogP contribution in [-0.4, -0.2) is 34.0 Å². The van der Waals surface area contributed by atoms with Gasteiger partial charge < -0.3 is 9.80 Å². The van der Waals surface area contributed by atoms with Gasteiger partial charge in [0.2, 0.25) is 0 Å². The van der Waals surface area contributed by atoms with Gasteiger partial charge in [0.15, 0.2) is 0 Å². The van der Waals surface area contributed by atoms with Gasteiger partial charge in [0.1, 0.15) is 0 Å². The van der Waals surface area contributed by atoms with E-state index >= 15 is 0 Å². The minimum absolute atomic E-state index is 0.829. The molecule has 0 atom stereocenters. The van der Waals surface area contributed by atoms with E-state index in [1.54, 1.807) is 0 Å². The summed E-state index contributed by atoms with van der Waals surface area (Å²) in [4.78, 5) is 5.56. The maximum atomic E-state index is 4.62. The van der Waals surface area contributed by atoms with Crippen LogP contribution in [0.3, 0.4) is 0 Å². The fourth-order valence-corrected chi connectivity index (χ4v) is 4.23. The zero-order chi connectivity index (χ0) is 13.5. The van der Waals surface area contributed by atoms with Crippen LogP contribution in [0.2, 0.25) is 0 Å². The zero-order valence-corrected chi connectivity index (χ0v) is 12.9. The molecule has 0 radical (unpaired) electrons. The van der Waals surface area contributed by atoms with Gasteiger partial charge >= 0.3 is 0 Å². The average Bonchev–Trinajstić information content (AvgIpc) is 2.16. The second-order valence-corrected chi connectivity index (χ2v) is 7.57. The van der Waals surface area contributed by atoms with Crippen molar-refractivity contribution in [2.24, 2.45) is 0 Å². The normalized spacial score (nSPS) is 28.0. The molecule has 20 heavy (non-hydrogen) atoms. The van der Waals surface area contributed by atoms with Gasteiger partial charge in [0, 0.05) is 24.2 Å². The molecule has 0 unspecified atom stereocenters. The Morgan fingerprint density at radius 3 is 0.950 bits per heavy atom. The standard InChI is InChI=1S/C18H30N2/c1-14(19(15-6-2-7-15)16-8-3-9-16)20(17-10-4-11-17)18-12-5-13-18/h15-18H,1-13H2. The number of hydrogen-bond acceptors (Lipinski definition) is 2. The minimum atomic E-state index is 0.829. The zero-order valence-electron chi connectivity index (χ0n) is 12.9. The molecule has 0 heterocycles. The molecular weight excluding hydrogens is 244 g/mol. The maximum absolute atomic E-state index is 4.62. The summed E-state index contributed by atoms with van der Waals surface area (Å²) in [7, 11) is 0. The van der Waals surface area contributed by atoms with Gasteiger partial charge in [-0.3, -0.25) is 0 Å². The van der Waals surface area contributed by atoms with Crippen LogP contribution < -0.4 is 0 Å². The first-order valence-corrected chi connectivity index (χ1v) is 9.10. The van der Waals surface area contributed by atoms with Crippen molar-refractivity contribution in [1.82, 2.24) is 9.80 Å². The summed E-state index contributed by atoms with van der Waals surface area (Å²) in [6.07, 6.45) is 17.1. The van der Waals surface area contributed by atoms with Crippen LogP contribution in [0.1, 0.15) is 77.0 Å². The van der Waals surface area contributed by atoms with Crippen molar-refractivity contribution >= 4 is 0 Å². The molecule has 4 saturated carbocycles. The lowest BCUT2D eigenvalue weighted by Crippen LogP contribution is -2.57. The van der Waals surface area contributed by atoms with Crippen LogP contribution in [-0.2, 0) is 0 Å². The second kappa shape index (κ2) is 5.27. The van der Waals surface area contributed by atoms with E-state index in [4.69, 9.17) is 0 Å². The molecule has 4 rings (SSSR count). The molecule has 112 valence electrons. The molecule has 0 bridgehead atoms. The van der Waals surface area contributed by atoms with Crippen molar-refractivity contribution in [3.05, 3.63) is 12.4 Å². The fourth-order valence-electron chi connectivity index (χ4n) is 4.23. The highest BCUT2D eigenvalue weighted by Gasteiger charge is 2.41. The van der Waals surface area contributed by atoms with Crippen molar-refractivity contribution in [3.8, 4) is 0 Å². The molecule has 0 aromatic heterocycles. The van der Waals surface area contributed by atoms with E-state index in [-0.39, 0.29) is 0 Å². The Hall–Kier alpha value is -0.660. The number of rotatable bonds is 6. The molecule has 0 aliphatic heterocycles. The number of hydrogen-bond donors (Lipinski definition) is 0. The number of nitrogens with zero attached hydrogens (tertiary/aromatic N) is 2. The summed E-state index contributed by atoms with van der Waals surface area (Å²) >= 11 is 0. The van der Waals surface area contributed by atoms with Gasteiger partial charge in [0.05, 0.1) is 5.82 Å². The van der Waals surface area contributed by atoms with E-state index in [1.165, 1.54) is 82.9 Å². The molecule has 0 amide bonds. The third-order valence-corrected chi connectivity index (χ3v) is 6.47. The highest BCUT2D eigenvalue weighted by Crippen LogP contribution is 2.42. The first-order valence-electron chi connectivity index (χ1n) is 9.10. The lowest BCUT2D eigenvalue weighted by atomic mass is 9.82. The largest absolute Gasteiger partial charge is 0.353 e.